The summed E-state index contributed by atoms with van der Waals surface area (Å²) in [6.45, 7) is 1.59. The third kappa shape index (κ3) is 4.79. The molecular formula is C29H25F6N5O2. The van der Waals surface area contributed by atoms with Gasteiger partial charge < -0.3 is 10.0 Å². The number of benzene rings is 2. The van der Waals surface area contributed by atoms with Crippen LogP contribution < -0.4 is 0 Å². The molecule has 1 N–H and O–H groups in total. The van der Waals surface area contributed by atoms with Gasteiger partial charge in [0.1, 0.15) is 11.4 Å². The maximum absolute atomic E-state index is 14.3. The largest absolute Gasteiger partial charge is 0.433 e. The van der Waals surface area contributed by atoms with Crippen molar-refractivity contribution in [1.29, 1.82) is 0 Å². The van der Waals surface area contributed by atoms with Crippen LogP contribution in [0.3, 0.4) is 0 Å². The number of aliphatic hydroxyl groups is 1. The van der Waals surface area contributed by atoms with Crippen LogP contribution in [0.4, 0.5) is 26.3 Å². The standard InChI is InChI=1S/C29H25F6N5O2/c1-15-25(17-4-2-16(14-41)3-5-17)37-27-22(10-36-40(27)26(15)29(33,34)35)28(42)39-20-6-7-21(39)13-38(12-20)11-18-8-19(30)9-23(31)24(18)32/h2-5,8-10,20-21,41H,6-7,11-14H2,1H3. The normalized spacial score (nSPS) is 19.2. The molecule has 0 aliphatic carbocycles. The molecule has 0 spiro atoms. The van der Waals surface area contributed by atoms with E-state index in [9.17, 15) is 36.2 Å². The van der Waals surface area contributed by atoms with E-state index in [0.29, 0.717) is 47.6 Å². The van der Waals surface area contributed by atoms with E-state index in [1.165, 1.54) is 6.92 Å². The topological polar surface area (TPSA) is 74.0 Å². The lowest BCUT2D eigenvalue weighted by Crippen LogP contribution is -2.55. The van der Waals surface area contributed by atoms with Crippen molar-refractivity contribution in [2.45, 2.75) is 51.2 Å². The van der Waals surface area contributed by atoms with Gasteiger partial charge in [0.05, 0.1) is 18.5 Å². The van der Waals surface area contributed by atoms with Crippen molar-refractivity contribution in [1.82, 2.24) is 24.4 Å². The minimum Gasteiger partial charge on any atom is -0.392 e. The third-order valence-corrected chi connectivity index (χ3v) is 8.05. The first-order chi connectivity index (χ1) is 20.0. The summed E-state index contributed by atoms with van der Waals surface area (Å²) in [7, 11) is 0. The Morgan fingerprint density at radius 3 is 2.33 bits per heavy atom. The third-order valence-electron chi connectivity index (χ3n) is 8.05. The molecule has 13 heteroatoms. The Morgan fingerprint density at radius 2 is 1.71 bits per heavy atom. The van der Waals surface area contributed by atoms with E-state index >= 15 is 0 Å². The molecule has 0 radical (unpaired) electrons. The van der Waals surface area contributed by atoms with Gasteiger partial charge in [0, 0.05) is 54.5 Å². The molecule has 4 heterocycles. The minimum absolute atomic E-state index is 0.0333. The van der Waals surface area contributed by atoms with Crippen LogP contribution in [0.2, 0.25) is 0 Å². The number of nitrogens with zero attached hydrogens (tertiary/aromatic N) is 5. The molecule has 220 valence electrons. The van der Waals surface area contributed by atoms with Crippen LogP contribution in [0.15, 0.2) is 42.6 Å². The fourth-order valence-electron chi connectivity index (χ4n) is 6.16. The quantitative estimate of drug-likeness (QED) is 0.259. The first-order valence-electron chi connectivity index (χ1n) is 13.3. The van der Waals surface area contributed by atoms with Gasteiger partial charge in [0.15, 0.2) is 23.0 Å². The number of piperazine rings is 1. The van der Waals surface area contributed by atoms with Gasteiger partial charge in [-0.15, -0.1) is 0 Å². The minimum atomic E-state index is -4.80. The lowest BCUT2D eigenvalue weighted by atomic mass is 10.0. The van der Waals surface area contributed by atoms with Gasteiger partial charge in [0.25, 0.3) is 5.91 Å². The van der Waals surface area contributed by atoms with Crippen molar-refractivity contribution in [2.24, 2.45) is 0 Å². The maximum Gasteiger partial charge on any atom is 0.433 e. The number of carbonyl (C=O) groups is 1. The molecular weight excluding hydrogens is 564 g/mol. The number of halogens is 6. The Hall–Kier alpha value is -3.97. The van der Waals surface area contributed by atoms with Crippen LogP contribution in [-0.4, -0.2) is 60.6 Å². The molecule has 2 aliphatic heterocycles. The number of hydrogen-bond acceptors (Lipinski definition) is 5. The Morgan fingerprint density at radius 1 is 1.05 bits per heavy atom. The fourth-order valence-corrected chi connectivity index (χ4v) is 6.16. The zero-order valence-corrected chi connectivity index (χ0v) is 22.3. The Labute approximate surface area is 236 Å². The number of aromatic nitrogens is 3. The van der Waals surface area contributed by atoms with Gasteiger partial charge in [-0.1, -0.05) is 24.3 Å². The summed E-state index contributed by atoms with van der Waals surface area (Å²) in [6, 6.07) is 7.01. The summed E-state index contributed by atoms with van der Waals surface area (Å²) in [5.41, 5.74) is -0.677. The summed E-state index contributed by atoms with van der Waals surface area (Å²) >= 11 is 0. The number of amides is 1. The molecule has 2 bridgehead atoms. The highest BCUT2D eigenvalue weighted by molar-refractivity contribution is 6.00. The summed E-state index contributed by atoms with van der Waals surface area (Å²) in [6.07, 6.45) is -2.49. The van der Waals surface area contributed by atoms with Crippen LogP contribution in [0.1, 0.15) is 45.6 Å². The van der Waals surface area contributed by atoms with E-state index in [-0.39, 0.29) is 53.3 Å². The van der Waals surface area contributed by atoms with Crippen LogP contribution in [0, 0.1) is 24.4 Å². The summed E-state index contributed by atoms with van der Waals surface area (Å²) < 4.78 is 85.3. The maximum atomic E-state index is 14.3. The average Bonchev–Trinajstić information content (AvgIpc) is 3.47. The van der Waals surface area contributed by atoms with E-state index in [0.717, 1.165) is 12.3 Å². The van der Waals surface area contributed by atoms with E-state index in [4.69, 9.17) is 0 Å². The van der Waals surface area contributed by atoms with Gasteiger partial charge in [-0.3, -0.25) is 9.69 Å². The molecule has 2 aromatic carbocycles. The Balaban J connectivity index is 1.34. The molecule has 4 aromatic rings. The van der Waals surface area contributed by atoms with Gasteiger partial charge >= 0.3 is 6.18 Å². The highest BCUT2D eigenvalue weighted by Crippen LogP contribution is 2.38. The molecule has 2 atom stereocenters. The molecule has 2 fully saturated rings. The van der Waals surface area contributed by atoms with Crippen molar-refractivity contribution >= 4 is 11.6 Å². The van der Waals surface area contributed by atoms with Crippen LogP contribution in [0.25, 0.3) is 16.9 Å². The molecule has 42 heavy (non-hydrogen) atoms. The lowest BCUT2D eigenvalue weighted by molar-refractivity contribution is -0.143. The highest BCUT2D eigenvalue weighted by atomic mass is 19.4. The molecule has 2 unspecified atom stereocenters. The second kappa shape index (κ2) is 10.4. The van der Waals surface area contributed by atoms with Crippen molar-refractivity contribution in [2.75, 3.05) is 13.1 Å². The Bertz CT molecular complexity index is 1670. The van der Waals surface area contributed by atoms with Crippen LogP contribution in [-0.2, 0) is 19.3 Å². The van der Waals surface area contributed by atoms with Gasteiger partial charge in [-0.25, -0.2) is 22.7 Å². The molecule has 1 amide bonds. The zero-order chi connectivity index (χ0) is 29.9. The number of aliphatic hydroxyl groups excluding tert-OH is 1. The van der Waals surface area contributed by atoms with Crippen LogP contribution in [0.5, 0.6) is 0 Å². The number of carbonyl (C=O) groups excluding carboxylic acids is 1. The smallest absolute Gasteiger partial charge is 0.392 e. The Kier molecular flexibility index (Phi) is 6.97. The first-order valence-corrected chi connectivity index (χ1v) is 13.3. The van der Waals surface area contributed by atoms with Gasteiger partial charge in [-0.2, -0.15) is 18.3 Å². The summed E-state index contributed by atoms with van der Waals surface area (Å²) in [5.74, 6) is -3.82. The number of likely N-dealkylation sites (tertiary alicyclic amines) is 1. The summed E-state index contributed by atoms with van der Waals surface area (Å²) in [4.78, 5) is 21.8. The highest BCUT2D eigenvalue weighted by Gasteiger charge is 2.44. The average molecular weight is 590 g/mol. The van der Waals surface area contributed by atoms with Crippen molar-refractivity contribution in [3.05, 3.63) is 88.0 Å². The van der Waals surface area contributed by atoms with Gasteiger partial charge in [0.2, 0.25) is 0 Å². The number of fused-ring (bicyclic) bond motifs is 3. The number of alkyl halides is 3. The van der Waals surface area contributed by atoms with Gasteiger partial charge in [-0.05, 0) is 31.4 Å². The predicted octanol–water partition coefficient (Wildman–Crippen LogP) is 5.12. The molecule has 0 saturated carbocycles. The molecule has 6 rings (SSSR count). The second-order valence-electron chi connectivity index (χ2n) is 10.7. The number of rotatable bonds is 5. The predicted molar refractivity (Wildman–Crippen MR) is 139 cm³/mol. The monoisotopic (exact) mass is 589 g/mol. The van der Waals surface area contributed by atoms with Crippen molar-refractivity contribution in [3.63, 3.8) is 0 Å². The van der Waals surface area contributed by atoms with E-state index in [1.807, 2.05) is 4.90 Å². The molecule has 7 nitrogen and oxygen atoms in total. The lowest BCUT2D eigenvalue weighted by Gasteiger charge is -2.41. The zero-order valence-electron chi connectivity index (χ0n) is 22.3. The summed E-state index contributed by atoms with van der Waals surface area (Å²) in [5, 5.41) is 13.3. The molecule has 2 saturated heterocycles. The van der Waals surface area contributed by atoms with E-state index in [1.54, 1.807) is 29.2 Å². The number of hydrogen-bond donors (Lipinski definition) is 1. The van der Waals surface area contributed by atoms with Crippen molar-refractivity contribution < 1.29 is 36.2 Å². The van der Waals surface area contributed by atoms with E-state index < -0.39 is 35.2 Å². The molecule has 2 aliphatic rings. The SMILES string of the molecule is Cc1c(-c2ccc(CO)cc2)nc2c(C(=O)N3C4CCC3CN(Cc3cc(F)cc(F)c3F)C4)cnn2c1C(F)(F)F. The fraction of sp³-hybridized carbons (Fsp3) is 0.345. The first kappa shape index (κ1) is 28.2. The molecule has 2 aromatic heterocycles. The van der Waals surface area contributed by atoms with E-state index in [2.05, 4.69) is 10.1 Å². The van der Waals surface area contributed by atoms with Crippen LogP contribution >= 0.6 is 0 Å². The second-order valence-corrected chi connectivity index (χ2v) is 10.7. The van der Waals surface area contributed by atoms with Crippen molar-refractivity contribution in [3.8, 4) is 11.3 Å².